The van der Waals surface area contributed by atoms with Gasteiger partial charge in [0.25, 0.3) is 0 Å². The molecule has 0 spiro atoms. The van der Waals surface area contributed by atoms with Crippen LogP contribution in [0.5, 0.6) is 0 Å². The Hall–Kier alpha value is -0.840. The van der Waals surface area contributed by atoms with E-state index in [1.807, 2.05) is 39.4 Å². The Morgan fingerprint density at radius 3 is 3.00 bits per heavy atom. The predicted octanol–water partition coefficient (Wildman–Crippen LogP) is 2.90. The lowest BCUT2D eigenvalue weighted by molar-refractivity contribution is 1.18. The maximum Gasteiger partial charge on any atom is 0.0999 e. The second kappa shape index (κ2) is 3.26. The largest absolute Gasteiger partial charge is 0.305 e. The van der Waals surface area contributed by atoms with Crippen LogP contribution in [0.1, 0.15) is 0 Å². The maximum absolute atomic E-state index is 4.25. The standard InChI is InChI=1S/C9H7IN2/c10-5-6-12-7-11-8-3-1-2-4-9(8)12/h1-7H/b6-5+. The van der Waals surface area contributed by atoms with Crippen LogP contribution in [0.15, 0.2) is 34.7 Å². The first-order chi connectivity index (χ1) is 5.92. The molecule has 0 N–H and O–H groups in total. The summed E-state index contributed by atoms with van der Waals surface area (Å²) in [6, 6.07) is 8.07. The summed E-state index contributed by atoms with van der Waals surface area (Å²) in [7, 11) is 0. The first kappa shape index (κ1) is 7.79. The molecule has 0 amide bonds. The number of rotatable bonds is 1. The van der Waals surface area contributed by atoms with Gasteiger partial charge in [-0.05, 0) is 16.2 Å². The fourth-order valence-electron chi connectivity index (χ4n) is 1.16. The highest BCUT2D eigenvalue weighted by atomic mass is 127. The molecule has 2 nitrogen and oxygen atoms in total. The van der Waals surface area contributed by atoms with Crippen molar-refractivity contribution in [3.8, 4) is 0 Å². The van der Waals surface area contributed by atoms with Gasteiger partial charge in [-0.15, -0.1) is 0 Å². The highest BCUT2D eigenvalue weighted by Crippen LogP contribution is 2.11. The molecule has 3 heteroatoms. The number of fused-ring (bicyclic) bond motifs is 1. The zero-order valence-corrected chi connectivity index (χ0v) is 8.47. The van der Waals surface area contributed by atoms with E-state index in [0.29, 0.717) is 0 Å². The molecular formula is C9H7IN2. The van der Waals surface area contributed by atoms with Gasteiger partial charge in [0, 0.05) is 6.20 Å². The fourth-order valence-corrected chi connectivity index (χ4v) is 1.50. The monoisotopic (exact) mass is 270 g/mol. The Morgan fingerprint density at radius 1 is 1.33 bits per heavy atom. The van der Waals surface area contributed by atoms with Gasteiger partial charge >= 0.3 is 0 Å². The summed E-state index contributed by atoms with van der Waals surface area (Å²) in [5, 5.41) is 0. The zero-order valence-electron chi connectivity index (χ0n) is 6.31. The molecule has 0 saturated heterocycles. The third kappa shape index (κ3) is 1.24. The third-order valence-electron chi connectivity index (χ3n) is 1.70. The molecule has 0 fully saturated rings. The summed E-state index contributed by atoms with van der Waals surface area (Å²) in [6.07, 6.45) is 3.80. The topological polar surface area (TPSA) is 17.8 Å². The van der Waals surface area contributed by atoms with Gasteiger partial charge in [0.15, 0.2) is 0 Å². The first-order valence-corrected chi connectivity index (χ1v) is 4.85. The number of nitrogens with zero attached hydrogens (tertiary/aromatic N) is 2. The second-order valence-electron chi connectivity index (χ2n) is 2.42. The minimum atomic E-state index is 1.03. The molecule has 0 aliphatic rings. The summed E-state index contributed by atoms with van der Waals surface area (Å²) >= 11 is 2.19. The maximum atomic E-state index is 4.25. The molecule has 1 aromatic heterocycles. The van der Waals surface area contributed by atoms with Gasteiger partial charge < -0.3 is 4.57 Å². The zero-order chi connectivity index (χ0) is 8.39. The molecular weight excluding hydrogens is 263 g/mol. The molecule has 0 atom stereocenters. The van der Waals surface area contributed by atoms with Gasteiger partial charge in [0.1, 0.15) is 0 Å². The van der Waals surface area contributed by atoms with Crippen molar-refractivity contribution in [2.45, 2.75) is 0 Å². The Balaban J connectivity index is 2.70. The van der Waals surface area contributed by atoms with Crippen molar-refractivity contribution in [2.24, 2.45) is 0 Å². The lowest BCUT2D eigenvalue weighted by Crippen LogP contribution is -1.80. The number of hydrogen-bond donors (Lipinski definition) is 0. The Kier molecular flexibility index (Phi) is 2.12. The quantitative estimate of drug-likeness (QED) is 0.728. The Morgan fingerprint density at radius 2 is 2.17 bits per heavy atom. The highest BCUT2D eigenvalue weighted by molar-refractivity contribution is 14.1. The third-order valence-corrected chi connectivity index (χ3v) is 2.02. The van der Waals surface area contributed by atoms with Crippen molar-refractivity contribution in [3.05, 3.63) is 34.7 Å². The molecule has 0 unspecified atom stereocenters. The molecule has 0 radical (unpaired) electrons. The number of aromatic nitrogens is 2. The normalized spacial score (nSPS) is 11.4. The molecule has 60 valence electrons. The van der Waals surface area contributed by atoms with E-state index in [-0.39, 0.29) is 0 Å². The summed E-state index contributed by atoms with van der Waals surface area (Å²) in [4.78, 5) is 4.25. The lowest BCUT2D eigenvalue weighted by atomic mass is 10.3. The average molecular weight is 270 g/mol. The number of imidazole rings is 1. The van der Waals surface area contributed by atoms with Crippen LogP contribution in [0.2, 0.25) is 0 Å². The fraction of sp³-hybridized carbons (Fsp3) is 0. The van der Waals surface area contributed by atoms with E-state index in [2.05, 4.69) is 33.6 Å². The van der Waals surface area contributed by atoms with Crippen LogP contribution in [0.4, 0.5) is 0 Å². The second-order valence-corrected chi connectivity index (χ2v) is 3.13. The molecule has 2 rings (SSSR count). The van der Waals surface area contributed by atoms with E-state index < -0.39 is 0 Å². The minimum Gasteiger partial charge on any atom is -0.305 e. The van der Waals surface area contributed by atoms with Crippen LogP contribution in [-0.2, 0) is 0 Å². The van der Waals surface area contributed by atoms with Crippen molar-refractivity contribution < 1.29 is 0 Å². The van der Waals surface area contributed by atoms with Crippen molar-refractivity contribution in [1.29, 1.82) is 0 Å². The molecule has 0 saturated carbocycles. The Labute approximate surface area is 84.1 Å². The van der Waals surface area contributed by atoms with E-state index in [1.54, 1.807) is 0 Å². The number of benzene rings is 1. The number of hydrogen-bond acceptors (Lipinski definition) is 1. The summed E-state index contributed by atoms with van der Waals surface area (Å²) in [5.74, 6) is 0. The van der Waals surface area contributed by atoms with Crippen molar-refractivity contribution in [3.63, 3.8) is 0 Å². The summed E-state index contributed by atoms with van der Waals surface area (Å²) < 4.78 is 3.97. The smallest absolute Gasteiger partial charge is 0.0999 e. The van der Waals surface area contributed by atoms with Gasteiger partial charge in [0.2, 0.25) is 0 Å². The van der Waals surface area contributed by atoms with E-state index in [9.17, 15) is 0 Å². The number of para-hydroxylation sites is 2. The molecule has 0 bridgehead atoms. The van der Waals surface area contributed by atoms with Crippen LogP contribution >= 0.6 is 22.6 Å². The van der Waals surface area contributed by atoms with Crippen LogP contribution in [0, 0.1) is 0 Å². The SMILES string of the molecule is I/C=C/n1cnc2ccccc21. The van der Waals surface area contributed by atoms with Crippen LogP contribution in [-0.4, -0.2) is 9.55 Å². The van der Waals surface area contributed by atoms with Crippen LogP contribution in [0.25, 0.3) is 17.2 Å². The van der Waals surface area contributed by atoms with Crippen molar-refractivity contribution in [1.82, 2.24) is 9.55 Å². The van der Waals surface area contributed by atoms with Gasteiger partial charge in [-0.3, -0.25) is 0 Å². The predicted molar refractivity (Wildman–Crippen MR) is 59.1 cm³/mol. The first-order valence-electron chi connectivity index (χ1n) is 3.60. The summed E-state index contributed by atoms with van der Waals surface area (Å²) in [6.45, 7) is 0. The summed E-state index contributed by atoms with van der Waals surface area (Å²) in [5.41, 5.74) is 2.18. The van der Waals surface area contributed by atoms with E-state index in [0.717, 1.165) is 11.0 Å². The van der Waals surface area contributed by atoms with Crippen LogP contribution < -0.4 is 0 Å². The van der Waals surface area contributed by atoms with Crippen molar-refractivity contribution in [2.75, 3.05) is 0 Å². The van der Waals surface area contributed by atoms with Gasteiger partial charge in [-0.25, -0.2) is 4.98 Å². The van der Waals surface area contributed by atoms with Crippen LogP contribution in [0.3, 0.4) is 0 Å². The van der Waals surface area contributed by atoms with E-state index in [1.165, 1.54) is 0 Å². The van der Waals surface area contributed by atoms with Crippen molar-refractivity contribution >= 4 is 39.8 Å². The van der Waals surface area contributed by atoms with E-state index in [4.69, 9.17) is 0 Å². The molecule has 1 aromatic carbocycles. The average Bonchev–Trinajstić information content (AvgIpc) is 2.50. The molecule has 1 heterocycles. The van der Waals surface area contributed by atoms with Gasteiger partial charge in [0.05, 0.1) is 17.4 Å². The lowest BCUT2D eigenvalue weighted by Gasteiger charge is -1.92. The van der Waals surface area contributed by atoms with Gasteiger partial charge in [-0.1, -0.05) is 34.7 Å². The molecule has 12 heavy (non-hydrogen) atoms. The molecule has 0 aliphatic heterocycles. The number of halogens is 1. The van der Waals surface area contributed by atoms with Gasteiger partial charge in [-0.2, -0.15) is 0 Å². The minimum absolute atomic E-state index is 1.03. The Bertz CT molecular complexity index is 417. The molecule has 0 aliphatic carbocycles. The van der Waals surface area contributed by atoms with E-state index >= 15 is 0 Å². The highest BCUT2D eigenvalue weighted by Gasteiger charge is 1.96. The molecule has 2 aromatic rings.